The molecule has 4 rings (SSSR count). The highest BCUT2D eigenvalue weighted by Gasteiger charge is 2.29. The number of para-hydroxylation sites is 1. The Kier molecular flexibility index (Phi) is 6.87. The number of fused-ring (bicyclic) bond motifs is 2. The first kappa shape index (κ1) is 22.0. The van der Waals surface area contributed by atoms with Crippen LogP contribution in [0.25, 0.3) is 10.9 Å². The molecule has 4 N–H and O–H groups in total. The number of amides is 1. The molecule has 0 fully saturated rings. The fraction of sp³-hybridized carbons (Fsp3) is 0.261. The van der Waals surface area contributed by atoms with Crippen molar-refractivity contribution in [1.29, 1.82) is 0 Å². The molecule has 166 valence electrons. The normalized spacial score (nSPS) is 13.9. The molecular formula is C23H23BrN4O4. The van der Waals surface area contributed by atoms with E-state index in [1.807, 2.05) is 42.5 Å². The Balaban J connectivity index is 1.50. The Morgan fingerprint density at radius 2 is 1.97 bits per heavy atom. The number of nitrogens with one attached hydrogen (secondary N) is 2. The van der Waals surface area contributed by atoms with Crippen LogP contribution in [0.5, 0.6) is 5.88 Å². The van der Waals surface area contributed by atoms with Gasteiger partial charge in [-0.1, -0.05) is 45.7 Å². The number of aromatic nitrogens is 1. The van der Waals surface area contributed by atoms with Gasteiger partial charge >= 0.3 is 0 Å². The summed E-state index contributed by atoms with van der Waals surface area (Å²) in [7, 11) is 0. The number of aromatic hydroxyl groups is 1. The first-order valence-corrected chi connectivity index (χ1v) is 11.2. The van der Waals surface area contributed by atoms with Crippen molar-refractivity contribution in [3.63, 3.8) is 0 Å². The summed E-state index contributed by atoms with van der Waals surface area (Å²) in [5.74, 6) is -0.331. The van der Waals surface area contributed by atoms with E-state index in [4.69, 9.17) is 15.0 Å². The number of oxime groups is 1. The lowest BCUT2D eigenvalue weighted by molar-refractivity contribution is -0.129. The van der Waals surface area contributed by atoms with Gasteiger partial charge in [-0.2, -0.15) is 0 Å². The fourth-order valence-corrected chi connectivity index (χ4v) is 4.06. The zero-order valence-corrected chi connectivity index (χ0v) is 18.9. The van der Waals surface area contributed by atoms with Gasteiger partial charge in [0.1, 0.15) is 18.0 Å². The molecule has 0 bridgehead atoms. The topological polar surface area (TPSA) is 119 Å². The Labute approximate surface area is 193 Å². The molecule has 2 aromatic carbocycles. The smallest absolute Gasteiger partial charge is 0.243 e. The Morgan fingerprint density at radius 1 is 1.16 bits per heavy atom. The first-order chi connectivity index (χ1) is 15.6. The molecule has 2 heterocycles. The largest absolute Gasteiger partial charge is 0.494 e. The van der Waals surface area contributed by atoms with Crippen molar-refractivity contribution in [2.45, 2.75) is 32.1 Å². The molecule has 9 heteroatoms. The number of aromatic amines is 1. The van der Waals surface area contributed by atoms with Crippen LogP contribution in [-0.4, -0.2) is 39.2 Å². The first-order valence-electron chi connectivity index (χ1n) is 10.4. The molecule has 1 aromatic heterocycles. The van der Waals surface area contributed by atoms with Gasteiger partial charge in [-0.15, -0.1) is 0 Å². The van der Waals surface area contributed by atoms with Gasteiger partial charge in [-0.25, -0.2) is 10.5 Å². The summed E-state index contributed by atoms with van der Waals surface area (Å²) >= 11 is 3.50. The van der Waals surface area contributed by atoms with Crippen LogP contribution in [0, 0.1) is 0 Å². The van der Waals surface area contributed by atoms with Gasteiger partial charge in [0, 0.05) is 27.4 Å². The van der Waals surface area contributed by atoms with Crippen LogP contribution in [0.3, 0.4) is 0 Å². The van der Waals surface area contributed by atoms with E-state index < -0.39 is 0 Å². The van der Waals surface area contributed by atoms with Gasteiger partial charge in [0.2, 0.25) is 5.91 Å². The molecule has 0 unspecified atom stereocenters. The lowest BCUT2D eigenvalue weighted by atomic mass is 10.0. The lowest BCUT2D eigenvalue weighted by Crippen LogP contribution is -2.17. The minimum atomic E-state index is -0.369. The van der Waals surface area contributed by atoms with E-state index in [0.717, 1.165) is 45.9 Å². The number of hydrogen-bond donors (Lipinski definition) is 4. The van der Waals surface area contributed by atoms with Gasteiger partial charge in [0.25, 0.3) is 0 Å². The molecule has 0 atom stereocenters. The van der Waals surface area contributed by atoms with Crippen molar-refractivity contribution in [1.82, 2.24) is 10.5 Å². The van der Waals surface area contributed by atoms with Crippen LogP contribution in [0.4, 0.5) is 5.69 Å². The van der Waals surface area contributed by atoms with Crippen molar-refractivity contribution >= 4 is 49.9 Å². The third-order valence-electron chi connectivity index (χ3n) is 5.26. The number of carbonyl (C=O) groups excluding carboxylic acids is 1. The quantitative estimate of drug-likeness (QED) is 0.189. The van der Waals surface area contributed by atoms with E-state index in [-0.39, 0.29) is 11.8 Å². The van der Waals surface area contributed by atoms with Crippen LogP contribution in [0.1, 0.15) is 43.2 Å². The van der Waals surface area contributed by atoms with E-state index in [1.165, 1.54) is 0 Å². The average molecular weight is 499 g/mol. The SMILES string of the molecule is O=C(CCCCCCO/N=C1/C(c2c(O)[nH]c3ccccc23)=Nc2ccc(Br)cc21)NO. The maximum absolute atomic E-state index is 11.0. The molecule has 1 amide bonds. The monoisotopic (exact) mass is 498 g/mol. The van der Waals surface area contributed by atoms with Crippen molar-refractivity contribution in [3.8, 4) is 5.88 Å². The average Bonchev–Trinajstić information content (AvgIpc) is 3.31. The van der Waals surface area contributed by atoms with Gasteiger partial charge in [0.15, 0.2) is 5.88 Å². The fourth-order valence-electron chi connectivity index (χ4n) is 3.70. The summed E-state index contributed by atoms with van der Waals surface area (Å²) in [5.41, 5.74) is 5.76. The van der Waals surface area contributed by atoms with E-state index in [9.17, 15) is 9.90 Å². The minimum absolute atomic E-state index is 0.0384. The highest BCUT2D eigenvalue weighted by Crippen LogP contribution is 2.36. The predicted molar refractivity (Wildman–Crippen MR) is 126 cm³/mol. The molecule has 1 aliphatic heterocycles. The molecule has 0 radical (unpaired) electrons. The Morgan fingerprint density at radius 3 is 2.81 bits per heavy atom. The second kappa shape index (κ2) is 9.97. The lowest BCUT2D eigenvalue weighted by Gasteiger charge is -2.06. The number of H-pyrrole nitrogens is 1. The van der Waals surface area contributed by atoms with Crippen LogP contribution in [-0.2, 0) is 9.63 Å². The van der Waals surface area contributed by atoms with Crippen molar-refractivity contribution in [2.75, 3.05) is 6.61 Å². The van der Waals surface area contributed by atoms with Crippen LogP contribution < -0.4 is 5.48 Å². The number of rotatable bonds is 9. The number of carbonyl (C=O) groups is 1. The summed E-state index contributed by atoms with van der Waals surface area (Å²) in [6, 6.07) is 13.4. The van der Waals surface area contributed by atoms with Crippen molar-refractivity contribution < 1.29 is 19.9 Å². The van der Waals surface area contributed by atoms with Crippen molar-refractivity contribution in [2.24, 2.45) is 10.1 Å². The zero-order valence-electron chi connectivity index (χ0n) is 17.3. The maximum Gasteiger partial charge on any atom is 0.243 e. The van der Waals surface area contributed by atoms with Crippen LogP contribution in [0.15, 0.2) is 57.1 Å². The second-order valence-corrected chi connectivity index (χ2v) is 8.40. The number of nitrogens with zero attached hydrogens (tertiary/aromatic N) is 2. The van der Waals surface area contributed by atoms with Gasteiger partial charge in [0.05, 0.1) is 11.3 Å². The molecule has 0 aliphatic carbocycles. The maximum atomic E-state index is 11.0. The van der Waals surface area contributed by atoms with E-state index in [1.54, 1.807) is 5.48 Å². The van der Waals surface area contributed by atoms with Crippen LogP contribution in [0.2, 0.25) is 0 Å². The van der Waals surface area contributed by atoms with Crippen LogP contribution >= 0.6 is 15.9 Å². The molecule has 1 aliphatic rings. The summed E-state index contributed by atoms with van der Waals surface area (Å²) < 4.78 is 0.899. The summed E-state index contributed by atoms with van der Waals surface area (Å²) in [4.78, 5) is 24.4. The van der Waals surface area contributed by atoms with E-state index in [0.29, 0.717) is 36.4 Å². The van der Waals surface area contributed by atoms with E-state index >= 15 is 0 Å². The van der Waals surface area contributed by atoms with Gasteiger partial charge < -0.3 is 14.9 Å². The summed E-state index contributed by atoms with van der Waals surface area (Å²) in [6.45, 7) is 0.423. The zero-order chi connectivity index (χ0) is 22.5. The third kappa shape index (κ3) is 4.68. The molecule has 0 spiro atoms. The molecule has 32 heavy (non-hydrogen) atoms. The number of halogens is 1. The van der Waals surface area contributed by atoms with Gasteiger partial charge in [-0.05, 0) is 43.5 Å². The number of unbranched alkanes of at least 4 members (excludes halogenated alkanes) is 3. The third-order valence-corrected chi connectivity index (χ3v) is 5.76. The minimum Gasteiger partial charge on any atom is -0.494 e. The number of aliphatic imine (C=N–C) groups is 1. The summed E-state index contributed by atoms with van der Waals surface area (Å²) in [6.07, 6.45) is 3.54. The predicted octanol–water partition coefficient (Wildman–Crippen LogP) is 4.95. The number of benzene rings is 2. The second-order valence-electron chi connectivity index (χ2n) is 7.49. The van der Waals surface area contributed by atoms with E-state index in [2.05, 4.69) is 26.1 Å². The summed E-state index contributed by atoms with van der Waals surface area (Å²) in [5, 5.41) is 24.4. The standard InChI is InChI=1S/C23H23BrN4O4/c24-14-10-11-18-16(13-14)21(28-32-12-6-2-1-3-9-19(29)27-31)22(25-18)20-15-7-4-5-8-17(15)26-23(20)30/h4-5,7-8,10-11,13,26,30-31H,1-3,6,9,12H2,(H,27,29)/b28-21+. The molecular weight excluding hydrogens is 476 g/mol. The van der Waals surface area contributed by atoms with Gasteiger partial charge in [-0.3, -0.25) is 10.0 Å². The molecule has 8 nitrogen and oxygen atoms in total. The Hall–Kier alpha value is -3.17. The Bertz CT molecular complexity index is 1200. The molecule has 0 saturated carbocycles. The highest BCUT2D eigenvalue weighted by molar-refractivity contribution is 9.10. The number of hydroxylamine groups is 1. The van der Waals surface area contributed by atoms with Crippen molar-refractivity contribution in [3.05, 3.63) is 58.1 Å². The molecule has 3 aromatic rings. The number of hydrogen-bond acceptors (Lipinski definition) is 6. The highest BCUT2D eigenvalue weighted by atomic mass is 79.9. The molecule has 0 saturated heterocycles.